The molecule has 2 N–H and O–H groups in total. The molecule has 8 nitrogen and oxygen atoms in total. The van der Waals surface area contributed by atoms with E-state index < -0.39 is 10.0 Å². The lowest BCUT2D eigenvalue weighted by Gasteiger charge is -2.09. The number of nitrogens with one attached hydrogen (secondary N) is 2. The molecule has 0 aliphatic heterocycles. The number of amides is 1. The first kappa shape index (κ1) is 18.1. The highest BCUT2D eigenvalue weighted by Crippen LogP contribution is 2.10. The van der Waals surface area contributed by atoms with Gasteiger partial charge in [0.15, 0.2) is 0 Å². The Kier molecular flexibility index (Phi) is 5.68. The minimum absolute atomic E-state index is 0.130. The molecular weight excluding hydrogens is 332 g/mol. The summed E-state index contributed by atoms with van der Waals surface area (Å²) >= 11 is 0. The molecule has 1 amide bonds. The summed E-state index contributed by atoms with van der Waals surface area (Å²) < 4.78 is 25.4. The first-order valence-corrected chi connectivity index (χ1v) is 9.33. The predicted octanol–water partition coefficient (Wildman–Crippen LogP) is -0.240. The third-order valence-corrected chi connectivity index (χ3v) is 4.14. The van der Waals surface area contributed by atoms with Crippen molar-refractivity contribution in [3.63, 3.8) is 0 Å². The molecule has 130 valence electrons. The molecule has 24 heavy (non-hydrogen) atoms. The van der Waals surface area contributed by atoms with Gasteiger partial charge < -0.3 is 5.32 Å². The standard InChI is InChI=1S/C15H20N4O4S/c1-11-5-3-6-12-14(11)17-10-19(15(12)21)9-13(20)16-7-4-8-18-24(2,22)23/h3,5-6,10,18H,4,7-9H2,1-2H3,(H,16,20). The second-order valence-corrected chi connectivity index (χ2v) is 7.35. The topological polar surface area (TPSA) is 110 Å². The molecule has 1 heterocycles. The fourth-order valence-corrected chi connectivity index (χ4v) is 2.75. The van der Waals surface area contributed by atoms with E-state index >= 15 is 0 Å². The average Bonchev–Trinajstić information content (AvgIpc) is 2.49. The third kappa shape index (κ3) is 4.87. The van der Waals surface area contributed by atoms with Gasteiger partial charge in [0.05, 0.1) is 23.5 Å². The smallest absolute Gasteiger partial charge is 0.261 e. The molecule has 1 aromatic heterocycles. The van der Waals surface area contributed by atoms with E-state index in [2.05, 4.69) is 15.0 Å². The van der Waals surface area contributed by atoms with E-state index in [1.807, 2.05) is 13.0 Å². The lowest BCUT2D eigenvalue weighted by molar-refractivity contribution is -0.121. The van der Waals surface area contributed by atoms with Gasteiger partial charge in [-0.15, -0.1) is 0 Å². The van der Waals surface area contributed by atoms with Crippen LogP contribution in [-0.2, 0) is 21.4 Å². The van der Waals surface area contributed by atoms with E-state index in [9.17, 15) is 18.0 Å². The zero-order chi connectivity index (χ0) is 17.7. The van der Waals surface area contributed by atoms with Crippen molar-refractivity contribution in [1.82, 2.24) is 19.6 Å². The number of benzene rings is 1. The van der Waals surface area contributed by atoms with E-state index in [-0.39, 0.29) is 24.6 Å². The molecule has 0 atom stereocenters. The maximum atomic E-state index is 12.4. The van der Waals surface area contributed by atoms with Gasteiger partial charge in [0, 0.05) is 13.1 Å². The van der Waals surface area contributed by atoms with Crippen LogP contribution in [0.1, 0.15) is 12.0 Å². The largest absolute Gasteiger partial charge is 0.354 e. The first-order chi connectivity index (χ1) is 11.3. The van der Waals surface area contributed by atoms with Crippen LogP contribution in [0.25, 0.3) is 10.9 Å². The number of hydrogen-bond donors (Lipinski definition) is 2. The minimum Gasteiger partial charge on any atom is -0.354 e. The average molecular weight is 352 g/mol. The summed E-state index contributed by atoms with van der Waals surface area (Å²) in [4.78, 5) is 28.5. The quantitative estimate of drug-likeness (QED) is 0.668. The first-order valence-electron chi connectivity index (χ1n) is 7.44. The van der Waals surface area contributed by atoms with E-state index in [1.165, 1.54) is 10.9 Å². The Morgan fingerprint density at radius 2 is 2.04 bits per heavy atom. The van der Waals surface area contributed by atoms with Crippen LogP contribution in [0.5, 0.6) is 0 Å². The number of carbonyl (C=O) groups is 1. The van der Waals surface area contributed by atoms with Crippen molar-refractivity contribution < 1.29 is 13.2 Å². The highest BCUT2D eigenvalue weighted by Gasteiger charge is 2.09. The second-order valence-electron chi connectivity index (χ2n) is 5.52. The summed E-state index contributed by atoms with van der Waals surface area (Å²) in [6, 6.07) is 5.33. The molecule has 0 saturated heterocycles. The number of carbonyl (C=O) groups excluding carboxylic acids is 1. The van der Waals surface area contributed by atoms with Gasteiger partial charge in [-0.1, -0.05) is 12.1 Å². The maximum Gasteiger partial charge on any atom is 0.261 e. The van der Waals surface area contributed by atoms with E-state index in [0.29, 0.717) is 23.9 Å². The lowest BCUT2D eigenvalue weighted by atomic mass is 10.1. The Hall–Kier alpha value is -2.26. The zero-order valence-corrected chi connectivity index (χ0v) is 14.4. The molecule has 0 saturated carbocycles. The summed E-state index contributed by atoms with van der Waals surface area (Å²) in [6.07, 6.45) is 2.90. The zero-order valence-electron chi connectivity index (χ0n) is 13.6. The van der Waals surface area contributed by atoms with Crippen molar-refractivity contribution in [3.8, 4) is 0 Å². The van der Waals surface area contributed by atoms with E-state index in [1.54, 1.807) is 12.1 Å². The Bertz CT molecular complexity index is 905. The van der Waals surface area contributed by atoms with Crippen LogP contribution in [0.3, 0.4) is 0 Å². The van der Waals surface area contributed by atoms with Crippen molar-refractivity contribution >= 4 is 26.8 Å². The van der Waals surface area contributed by atoms with Crippen LogP contribution in [-0.4, -0.2) is 43.2 Å². The summed E-state index contributed by atoms with van der Waals surface area (Å²) in [7, 11) is -3.22. The van der Waals surface area contributed by atoms with E-state index in [0.717, 1.165) is 11.8 Å². The van der Waals surface area contributed by atoms with Crippen molar-refractivity contribution in [2.45, 2.75) is 19.9 Å². The molecule has 0 radical (unpaired) electrons. The fraction of sp³-hybridized carbons (Fsp3) is 0.400. The van der Waals surface area contributed by atoms with Gasteiger partial charge >= 0.3 is 0 Å². The Morgan fingerprint density at radius 3 is 2.75 bits per heavy atom. The molecule has 2 aromatic rings. The van der Waals surface area contributed by atoms with Crippen LogP contribution in [0.2, 0.25) is 0 Å². The number of hydrogen-bond acceptors (Lipinski definition) is 5. The van der Waals surface area contributed by atoms with Gasteiger partial charge in [0.1, 0.15) is 6.54 Å². The Balaban J connectivity index is 1.94. The molecule has 9 heteroatoms. The summed E-state index contributed by atoms with van der Waals surface area (Å²) in [6.45, 7) is 2.30. The number of fused-ring (bicyclic) bond motifs is 1. The highest BCUT2D eigenvalue weighted by molar-refractivity contribution is 7.88. The van der Waals surface area contributed by atoms with Crippen LogP contribution in [0, 0.1) is 6.92 Å². The van der Waals surface area contributed by atoms with Crippen LogP contribution < -0.4 is 15.6 Å². The van der Waals surface area contributed by atoms with Crippen molar-refractivity contribution in [2.75, 3.05) is 19.3 Å². The number of nitrogens with zero attached hydrogens (tertiary/aromatic N) is 2. The SMILES string of the molecule is Cc1cccc2c(=O)n(CC(=O)NCCCNS(C)(=O)=O)cnc12. The van der Waals surface area contributed by atoms with Crippen LogP contribution in [0.4, 0.5) is 0 Å². The molecule has 0 unspecified atom stereocenters. The number of rotatable bonds is 7. The van der Waals surface area contributed by atoms with Crippen molar-refractivity contribution in [3.05, 3.63) is 40.4 Å². The van der Waals surface area contributed by atoms with E-state index in [4.69, 9.17) is 0 Å². The maximum absolute atomic E-state index is 12.4. The van der Waals surface area contributed by atoms with Gasteiger partial charge in [-0.25, -0.2) is 18.1 Å². The fourth-order valence-electron chi connectivity index (χ4n) is 2.23. The van der Waals surface area contributed by atoms with Crippen LogP contribution in [0.15, 0.2) is 29.3 Å². The van der Waals surface area contributed by atoms with Gasteiger partial charge in [-0.2, -0.15) is 0 Å². The molecule has 0 bridgehead atoms. The molecule has 2 rings (SSSR count). The van der Waals surface area contributed by atoms with Gasteiger partial charge in [-0.3, -0.25) is 14.2 Å². The summed E-state index contributed by atoms with van der Waals surface area (Å²) in [5, 5.41) is 3.12. The molecular formula is C15H20N4O4S. The van der Waals surface area contributed by atoms with Gasteiger partial charge in [0.25, 0.3) is 5.56 Å². The minimum atomic E-state index is -3.22. The number of aromatic nitrogens is 2. The van der Waals surface area contributed by atoms with Crippen molar-refractivity contribution in [2.24, 2.45) is 0 Å². The number of para-hydroxylation sites is 1. The van der Waals surface area contributed by atoms with Gasteiger partial charge in [0.2, 0.25) is 15.9 Å². The Labute approximate surface area is 140 Å². The Morgan fingerprint density at radius 1 is 1.29 bits per heavy atom. The normalized spacial score (nSPS) is 11.6. The van der Waals surface area contributed by atoms with Gasteiger partial charge in [-0.05, 0) is 25.0 Å². The molecule has 0 spiro atoms. The monoisotopic (exact) mass is 352 g/mol. The molecule has 0 aliphatic carbocycles. The highest BCUT2D eigenvalue weighted by atomic mass is 32.2. The third-order valence-electron chi connectivity index (χ3n) is 3.41. The lowest BCUT2D eigenvalue weighted by Crippen LogP contribution is -2.34. The number of sulfonamides is 1. The van der Waals surface area contributed by atoms with Crippen molar-refractivity contribution in [1.29, 1.82) is 0 Å². The second kappa shape index (κ2) is 7.54. The predicted molar refractivity (Wildman–Crippen MR) is 91.2 cm³/mol. The summed E-state index contributed by atoms with van der Waals surface area (Å²) in [5.41, 5.74) is 1.27. The number of aryl methyl sites for hydroxylation is 1. The summed E-state index contributed by atoms with van der Waals surface area (Å²) in [5.74, 6) is -0.328. The molecule has 0 aliphatic rings. The molecule has 0 fully saturated rings. The molecule has 1 aromatic carbocycles. The van der Waals surface area contributed by atoms with Crippen LogP contribution >= 0.6 is 0 Å².